The molecule has 0 unspecified atom stereocenters. The van der Waals surface area contributed by atoms with E-state index in [1.807, 2.05) is 0 Å². The molecule has 4 heavy (non-hydrogen) atoms. The minimum absolute atomic E-state index is 0. The first-order valence-electron chi connectivity index (χ1n) is 0.228. The zero-order chi connectivity index (χ0) is 2.71. The van der Waals surface area contributed by atoms with Crippen molar-refractivity contribution in [1.82, 2.24) is 0 Å². The summed E-state index contributed by atoms with van der Waals surface area (Å²) in [5.74, 6) is 0. The number of hydrogen-bond donors (Lipinski definition) is 0. The first-order valence-corrected chi connectivity index (χ1v) is 4.88. The smallest absolute Gasteiger partial charge is 2.00 e. The topological polar surface area (TPSA) is 0 Å². The van der Waals surface area contributed by atoms with E-state index in [1.165, 1.54) is 11.3 Å². The largest absolute Gasteiger partial charge is 2.00 e. The van der Waals surface area contributed by atoms with Crippen LogP contribution < -0.4 is 0 Å². The van der Waals surface area contributed by atoms with Gasteiger partial charge < -0.3 is 0 Å². The van der Waals surface area contributed by atoms with Gasteiger partial charge in [-0.05, 0) is 0 Å². The minimum Gasteiger partial charge on any atom is 2.00 e. The summed E-state index contributed by atoms with van der Waals surface area (Å²) in [4.78, 5) is 0. The van der Waals surface area contributed by atoms with Gasteiger partial charge in [-0.1, -0.05) is 0 Å². The molecular formula is Br2Cu2+2. The fraction of sp³-hybridized carbons (Fsp3) is 0. The zero-order valence-corrected chi connectivity index (χ0v) is 6.41. The number of rotatable bonds is 0. The molecule has 0 saturated carbocycles. The van der Waals surface area contributed by atoms with E-state index in [1.54, 1.807) is 0 Å². The molecule has 0 rings (SSSR count). The van der Waals surface area contributed by atoms with Crippen LogP contribution in [0.25, 0.3) is 0 Å². The Hall–Kier alpha value is 2.00. The first-order chi connectivity index (χ1) is 1.41. The van der Waals surface area contributed by atoms with Gasteiger partial charge in [0.1, 0.15) is 0 Å². The van der Waals surface area contributed by atoms with Crippen LogP contribution in [0, 0.1) is 0 Å². The second kappa shape index (κ2) is 8.89. The Labute approximate surface area is 56.1 Å². The van der Waals surface area contributed by atoms with Crippen LogP contribution in [0.15, 0.2) is 0 Å². The molecule has 0 atom stereocenters. The van der Waals surface area contributed by atoms with Crippen LogP contribution in [0.2, 0.25) is 0 Å². The van der Waals surface area contributed by atoms with Gasteiger partial charge in [0.25, 0.3) is 0 Å². The molecule has 0 fully saturated rings. The molecule has 0 saturated heterocycles. The molecule has 0 aliphatic carbocycles. The quantitative estimate of drug-likeness (QED) is 0.595. The van der Waals surface area contributed by atoms with Crippen molar-refractivity contribution in [3.8, 4) is 0 Å². The van der Waals surface area contributed by atoms with Crippen LogP contribution in [-0.4, -0.2) is 0 Å². The molecule has 0 aromatic carbocycles. The van der Waals surface area contributed by atoms with Crippen molar-refractivity contribution in [3.05, 3.63) is 0 Å². The Bertz CT molecular complexity index is 4.00. The van der Waals surface area contributed by atoms with Gasteiger partial charge in [0.05, 0.1) is 0 Å². The van der Waals surface area contributed by atoms with E-state index >= 15 is 0 Å². The van der Waals surface area contributed by atoms with Gasteiger partial charge in [0.2, 0.25) is 0 Å². The van der Waals surface area contributed by atoms with E-state index in [0.29, 0.717) is 0 Å². The monoisotopic (exact) mass is 284 g/mol. The van der Waals surface area contributed by atoms with E-state index in [4.69, 9.17) is 0 Å². The van der Waals surface area contributed by atoms with Gasteiger partial charge in [-0.25, -0.2) is 0 Å². The van der Waals surface area contributed by atoms with Crippen molar-refractivity contribution in [2.75, 3.05) is 0 Å². The van der Waals surface area contributed by atoms with E-state index in [9.17, 15) is 0 Å². The molecule has 0 bridgehead atoms. The predicted molar refractivity (Wildman–Crippen MR) is 17.9 cm³/mol. The summed E-state index contributed by atoms with van der Waals surface area (Å²) in [7, 11) is 0. The predicted octanol–water partition coefficient (Wildman–Crippen LogP) is 1.69. The van der Waals surface area contributed by atoms with Gasteiger partial charge >= 0.3 is 56.6 Å². The van der Waals surface area contributed by atoms with Gasteiger partial charge in [-0.15, -0.1) is 0 Å². The second-order valence-electron chi connectivity index (χ2n) is 0.0431. The molecule has 34 valence electrons. The molecule has 0 aromatic rings. The SMILES string of the molecule is [Br][Cu][Br].[Cu+2]. The van der Waals surface area contributed by atoms with Crippen LogP contribution in [0.4, 0.5) is 0 Å². The van der Waals surface area contributed by atoms with Crippen molar-refractivity contribution in [3.63, 3.8) is 0 Å². The van der Waals surface area contributed by atoms with Crippen molar-refractivity contribution < 1.29 is 28.4 Å². The minimum atomic E-state index is 0. The maximum atomic E-state index is 2.97. The molecule has 0 nitrogen and oxygen atoms in total. The van der Waals surface area contributed by atoms with Gasteiger partial charge in [0, 0.05) is 0 Å². The standard InChI is InChI=1S/2BrH.2Cu/h2*1H;;/q;;2*+2/p-2. The third kappa shape index (κ3) is 9.00. The summed E-state index contributed by atoms with van der Waals surface area (Å²) in [6.07, 6.45) is 0. The van der Waals surface area contributed by atoms with Crippen LogP contribution in [-0.2, 0) is 28.4 Å². The van der Waals surface area contributed by atoms with Crippen molar-refractivity contribution in [2.45, 2.75) is 0 Å². The Morgan fingerprint density at radius 1 is 1.25 bits per heavy atom. The molecule has 4 heteroatoms. The first kappa shape index (κ1) is 9.37. The summed E-state index contributed by atoms with van der Waals surface area (Å²) in [5.41, 5.74) is 0. The average Bonchev–Trinajstić information content (AvgIpc) is 0.918. The number of hydrogen-bond acceptors (Lipinski definition) is 0. The molecule has 0 N–H and O–H groups in total. The van der Waals surface area contributed by atoms with E-state index < -0.39 is 0 Å². The van der Waals surface area contributed by atoms with E-state index in [0.717, 1.165) is 0 Å². The summed E-state index contributed by atoms with van der Waals surface area (Å²) < 4.78 is 0. The van der Waals surface area contributed by atoms with Gasteiger partial charge in [-0.2, -0.15) is 0 Å². The molecule has 0 aromatic heterocycles. The van der Waals surface area contributed by atoms with Crippen molar-refractivity contribution in [1.29, 1.82) is 0 Å². The van der Waals surface area contributed by atoms with Gasteiger partial charge in [-0.3, -0.25) is 0 Å². The maximum absolute atomic E-state index is 2.97. The third-order valence-corrected chi connectivity index (χ3v) is 0. The number of halogens is 2. The third-order valence-electron chi connectivity index (χ3n) is 0. The van der Waals surface area contributed by atoms with Crippen LogP contribution in [0.3, 0.4) is 0 Å². The zero-order valence-electron chi connectivity index (χ0n) is 1.36. The maximum Gasteiger partial charge on any atom is 2.00 e. The second-order valence-corrected chi connectivity index (χ2v) is 4.80. The summed E-state index contributed by atoms with van der Waals surface area (Å²) in [5, 5.41) is 0. The van der Waals surface area contributed by atoms with E-state index in [2.05, 4.69) is 28.2 Å². The molecule has 0 aliphatic heterocycles. The van der Waals surface area contributed by atoms with Crippen LogP contribution in [0.1, 0.15) is 0 Å². The molecule has 0 spiro atoms. The Kier molecular flexibility index (Phi) is 20.8. The Morgan fingerprint density at radius 3 is 1.25 bits per heavy atom. The molecular weight excluding hydrogens is 287 g/mol. The molecule has 1 radical (unpaired) electrons. The molecule has 0 aliphatic rings. The average molecular weight is 287 g/mol. The van der Waals surface area contributed by atoms with Gasteiger partial charge in [0.15, 0.2) is 0 Å². The summed E-state index contributed by atoms with van der Waals surface area (Å²) >= 11 is 7.38. The van der Waals surface area contributed by atoms with E-state index in [-0.39, 0.29) is 17.1 Å². The summed E-state index contributed by atoms with van der Waals surface area (Å²) in [6.45, 7) is 0. The van der Waals surface area contributed by atoms with Crippen LogP contribution in [0.5, 0.6) is 0 Å². The normalized spacial score (nSPS) is 5.50. The molecule has 0 heterocycles. The Morgan fingerprint density at radius 2 is 1.25 bits per heavy atom. The summed E-state index contributed by atoms with van der Waals surface area (Å²) in [6, 6.07) is 0. The van der Waals surface area contributed by atoms with Crippen molar-refractivity contribution >= 4 is 28.2 Å². The Balaban J connectivity index is 0. The fourth-order valence-electron chi connectivity index (χ4n) is 0. The van der Waals surface area contributed by atoms with Crippen molar-refractivity contribution in [2.24, 2.45) is 0 Å². The fourth-order valence-corrected chi connectivity index (χ4v) is 0. The molecule has 0 amide bonds. The van der Waals surface area contributed by atoms with Crippen LogP contribution >= 0.6 is 28.2 Å².